The van der Waals surface area contributed by atoms with Crippen molar-refractivity contribution in [2.45, 2.75) is 51.7 Å². The predicted molar refractivity (Wildman–Crippen MR) is 149 cm³/mol. The molecule has 2 atom stereocenters. The molecule has 0 bridgehead atoms. The summed E-state index contributed by atoms with van der Waals surface area (Å²) in [5.74, 6) is -0.435. The van der Waals surface area contributed by atoms with Gasteiger partial charge in [0.05, 0.1) is 26.5 Å². The van der Waals surface area contributed by atoms with E-state index in [1.165, 1.54) is 0 Å². The second-order valence-corrected chi connectivity index (χ2v) is 10.3. The number of hydrogen-bond donors (Lipinski definition) is 1. The van der Waals surface area contributed by atoms with Crippen molar-refractivity contribution in [3.05, 3.63) is 104 Å². The fourth-order valence-corrected chi connectivity index (χ4v) is 4.40. The molecule has 190 valence electrons. The molecule has 2 unspecified atom stereocenters. The Kier molecular flexibility index (Phi) is 10.5. The normalized spacial score (nSPS) is 12.6. The summed E-state index contributed by atoms with van der Waals surface area (Å²) in [6.07, 6.45) is 1.19. The predicted octanol–water partition coefficient (Wildman–Crippen LogP) is 7.40. The monoisotopic (exact) mass is 564 g/mol. The molecule has 0 aliphatic carbocycles. The van der Waals surface area contributed by atoms with Gasteiger partial charge in [-0.15, -0.1) is 0 Å². The number of rotatable bonds is 10. The highest BCUT2D eigenvalue weighted by Gasteiger charge is 2.31. The second-order valence-electron chi connectivity index (χ2n) is 8.72. The van der Waals surface area contributed by atoms with Crippen LogP contribution in [-0.2, 0) is 29.0 Å². The number of hydrogen-bond acceptors (Lipinski definition) is 2. The fraction of sp³-hybridized carbons (Fsp3) is 0.286. The quantitative estimate of drug-likeness (QED) is 0.278. The van der Waals surface area contributed by atoms with Gasteiger partial charge in [-0.05, 0) is 54.3 Å². The van der Waals surface area contributed by atoms with E-state index in [0.717, 1.165) is 17.5 Å². The van der Waals surface area contributed by atoms with Crippen LogP contribution in [0.3, 0.4) is 0 Å². The van der Waals surface area contributed by atoms with Crippen molar-refractivity contribution < 1.29 is 9.59 Å². The summed E-state index contributed by atoms with van der Waals surface area (Å²) >= 11 is 24.6. The van der Waals surface area contributed by atoms with Crippen LogP contribution in [0.15, 0.2) is 66.7 Å². The first-order chi connectivity index (χ1) is 17.2. The lowest BCUT2D eigenvalue weighted by Gasteiger charge is -2.32. The topological polar surface area (TPSA) is 49.4 Å². The Morgan fingerprint density at radius 1 is 0.806 bits per heavy atom. The molecule has 0 radical (unpaired) electrons. The zero-order valence-electron chi connectivity index (χ0n) is 20.1. The van der Waals surface area contributed by atoms with Crippen molar-refractivity contribution in [1.82, 2.24) is 10.2 Å². The lowest BCUT2D eigenvalue weighted by molar-refractivity contribution is -0.141. The molecule has 1 N–H and O–H groups in total. The Balaban J connectivity index is 2.00. The minimum Gasteiger partial charge on any atom is -0.352 e. The van der Waals surface area contributed by atoms with Gasteiger partial charge in [0.25, 0.3) is 0 Å². The Morgan fingerprint density at radius 2 is 1.39 bits per heavy atom. The van der Waals surface area contributed by atoms with Crippen LogP contribution in [0, 0.1) is 0 Å². The zero-order valence-corrected chi connectivity index (χ0v) is 23.1. The number of nitrogens with zero attached hydrogens (tertiary/aromatic N) is 1. The van der Waals surface area contributed by atoms with Gasteiger partial charge in [0.15, 0.2) is 0 Å². The lowest BCUT2D eigenvalue weighted by Crippen LogP contribution is -2.52. The maximum absolute atomic E-state index is 13.8. The van der Waals surface area contributed by atoms with Gasteiger partial charge in [0, 0.05) is 19.0 Å². The van der Waals surface area contributed by atoms with Crippen molar-refractivity contribution in [2.75, 3.05) is 0 Å². The van der Waals surface area contributed by atoms with Gasteiger partial charge in [0.1, 0.15) is 6.04 Å². The fourth-order valence-electron chi connectivity index (χ4n) is 3.76. The molecule has 3 aromatic carbocycles. The largest absolute Gasteiger partial charge is 0.352 e. The maximum Gasteiger partial charge on any atom is 0.243 e. The van der Waals surface area contributed by atoms with E-state index < -0.39 is 6.04 Å². The third kappa shape index (κ3) is 7.88. The van der Waals surface area contributed by atoms with E-state index >= 15 is 0 Å². The van der Waals surface area contributed by atoms with E-state index in [1.807, 2.05) is 44.2 Å². The Morgan fingerprint density at radius 3 is 1.97 bits per heavy atom. The number of halogens is 4. The van der Waals surface area contributed by atoms with Crippen molar-refractivity contribution in [3.63, 3.8) is 0 Å². The molecule has 8 heteroatoms. The third-order valence-electron chi connectivity index (χ3n) is 5.95. The van der Waals surface area contributed by atoms with Crippen molar-refractivity contribution >= 4 is 58.2 Å². The van der Waals surface area contributed by atoms with Gasteiger partial charge >= 0.3 is 0 Å². The molecule has 4 nitrogen and oxygen atoms in total. The first-order valence-electron chi connectivity index (χ1n) is 11.7. The smallest absolute Gasteiger partial charge is 0.243 e. The Labute approximate surface area is 232 Å². The molecule has 0 fully saturated rings. The van der Waals surface area contributed by atoms with Gasteiger partial charge in [-0.25, -0.2) is 0 Å². The molecule has 3 rings (SSSR count). The van der Waals surface area contributed by atoms with Crippen LogP contribution in [0.2, 0.25) is 20.1 Å². The average molecular weight is 566 g/mol. The number of nitrogens with one attached hydrogen (secondary N) is 1. The van der Waals surface area contributed by atoms with Gasteiger partial charge in [-0.2, -0.15) is 0 Å². The zero-order chi connectivity index (χ0) is 26.2. The molecule has 0 saturated heterocycles. The molecule has 2 amide bonds. The van der Waals surface area contributed by atoms with Crippen LogP contribution in [0.1, 0.15) is 37.0 Å². The number of benzene rings is 3. The average Bonchev–Trinajstić information content (AvgIpc) is 2.86. The van der Waals surface area contributed by atoms with E-state index in [-0.39, 0.29) is 30.8 Å². The van der Waals surface area contributed by atoms with Gasteiger partial charge in [0.2, 0.25) is 11.8 Å². The van der Waals surface area contributed by atoms with Crippen molar-refractivity contribution in [3.8, 4) is 0 Å². The van der Waals surface area contributed by atoms with Crippen LogP contribution in [0.4, 0.5) is 0 Å². The highest BCUT2D eigenvalue weighted by atomic mass is 35.5. The van der Waals surface area contributed by atoms with E-state index in [0.29, 0.717) is 32.1 Å². The Bertz CT molecular complexity index is 1200. The minimum atomic E-state index is -0.744. The summed E-state index contributed by atoms with van der Waals surface area (Å²) in [4.78, 5) is 28.9. The molecule has 0 aromatic heterocycles. The van der Waals surface area contributed by atoms with E-state index in [1.54, 1.807) is 41.3 Å². The first-order valence-corrected chi connectivity index (χ1v) is 13.2. The molecular weight excluding hydrogens is 538 g/mol. The molecule has 36 heavy (non-hydrogen) atoms. The lowest BCUT2D eigenvalue weighted by atomic mass is 10.0. The molecule has 0 aliphatic heterocycles. The molecular formula is C28H28Cl4N2O2. The SMILES string of the molecule is CCC(C)NC(=O)C(Cc1ccccc1)N(Cc1ccc(Cl)c(Cl)c1)C(=O)Cc1ccc(Cl)c(Cl)c1. The van der Waals surface area contributed by atoms with Gasteiger partial charge in [-0.3, -0.25) is 9.59 Å². The maximum atomic E-state index is 13.8. The molecule has 0 saturated carbocycles. The summed E-state index contributed by atoms with van der Waals surface area (Å²) < 4.78 is 0. The van der Waals surface area contributed by atoms with E-state index in [4.69, 9.17) is 46.4 Å². The third-order valence-corrected chi connectivity index (χ3v) is 7.43. The molecule has 0 aliphatic rings. The van der Waals surface area contributed by atoms with Crippen LogP contribution in [0.5, 0.6) is 0 Å². The van der Waals surface area contributed by atoms with Crippen LogP contribution in [0.25, 0.3) is 0 Å². The van der Waals surface area contributed by atoms with E-state index in [9.17, 15) is 9.59 Å². The Hall–Kier alpha value is -2.24. The summed E-state index contributed by atoms with van der Waals surface area (Å²) in [6, 6.07) is 19.2. The molecule has 3 aromatic rings. The minimum absolute atomic E-state index is 0.0345. The molecule has 0 spiro atoms. The van der Waals surface area contributed by atoms with E-state index in [2.05, 4.69) is 5.32 Å². The second kappa shape index (κ2) is 13.3. The van der Waals surface area contributed by atoms with Crippen LogP contribution in [-0.4, -0.2) is 28.8 Å². The summed E-state index contributed by atoms with van der Waals surface area (Å²) in [5, 5.41) is 4.64. The standard InChI is InChI=1S/C28H28Cl4N2O2/c1-3-18(2)33-28(36)26(15-19-7-5-4-6-8-19)34(17-21-10-12-23(30)25(32)14-21)27(35)16-20-9-11-22(29)24(31)13-20/h4-14,18,26H,3,15-17H2,1-2H3,(H,33,36). The van der Waals surface area contributed by atoms with Crippen molar-refractivity contribution in [1.29, 1.82) is 0 Å². The summed E-state index contributed by atoms with van der Waals surface area (Å²) in [7, 11) is 0. The van der Waals surface area contributed by atoms with Crippen LogP contribution < -0.4 is 5.32 Å². The van der Waals surface area contributed by atoms with Crippen LogP contribution >= 0.6 is 46.4 Å². The summed E-state index contributed by atoms with van der Waals surface area (Å²) in [6.45, 7) is 4.13. The number of carbonyl (C=O) groups excluding carboxylic acids is 2. The highest BCUT2D eigenvalue weighted by molar-refractivity contribution is 6.42. The van der Waals surface area contributed by atoms with Gasteiger partial charge < -0.3 is 10.2 Å². The van der Waals surface area contributed by atoms with Gasteiger partial charge in [-0.1, -0.05) is 95.8 Å². The highest BCUT2D eigenvalue weighted by Crippen LogP contribution is 2.26. The first kappa shape index (κ1) is 28.3. The van der Waals surface area contributed by atoms with Crippen molar-refractivity contribution in [2.24, 2.45) is 0 Å². The number of carbonyl (C=O) groups is 2. The number of amides is 2. The molecule has 0 heterocycles. The summed E-state index contributed by atoms with van der Waals surface area (Å²) in [5.41, 5.74) is 2.42.